The maximum Gasteiger partial charge on any atom is 0.328 e. The number of hydrogen-bond donors (Lipinski definition) is 2. The first-order chi connectivity index (χ1) is 37.9. The molecule has 0 fully saturated rings. The molecule has 4 heteroatoms. The third-order valence-electron chi connectivity index (χ3n) is 18.3. The zero-order valence-electron chi connectivity index (χ0n) is 54.1. The monoisotopic (exact) mass is 1100 g/mol. The summed E-state index contributed by atoms with van der Waals surface area (Å²) in [7, 11) is -2.67. The van der Waals surface area contributed by atoms with Gasteiger partial charge in [-0.25, -0.2) is 0 Å². The van der Waals surface area contributed by atoms with Crippen LogP contribution in [0.3, 0.4) is 0 Å². The number of benzene rings is 2. The van der Waals surface area contributed by atoms with Gasteiger partial charge in [0, 0.05) is 0 Å². The van der Waals surface area contributed by atoms with E-state index in [0.717, 1.165) is 32.1 Å². The summed E-state index contributed by atoms with van der Waals surface area (Å²) in [6.07, 6.45) is 65.2. The Balaban J connectivity index is 2.57. The van der Waals surface area contributed by atoms with E-state index >= 15 is 0 Å². The Hall–Kier alpha value is -1.25. The number of aryl methyl sites for hydroxylation is 2. The molecule has 0 saturated heterocycles. The molecule has 0 aliphatic heterocycles. The van der Waals surface area contributed by atoms with Gasteiger partial charge in [-0.1, -0.05) is 375 Å². The van der Waals surface area contributed by atoms with Crippen LogP contribution in [0.4, 0.5) is 0 Å². The van der Waals surface area contributed by atoms with E-state index in [1.165, 1.54) is 316 Å². The molecule has 0 amide bonds. The quantitative estimate of drug-likeness (QED) is 0.0513. The average Bonchev–Trinajstić information content (AvgIpc) is 3.58. The summed E-state index contributed by atoms with van der Waals surface area (Å²) < 4.78 is 7.05. The zero-order valence-corrected chi connectivity index (χ0v) is 55.0. The Bertz CT molecular complexity index is 1550. The molecule has 0 radical (unpaired) electrons. The van der Waals surface area contributed by atoms with Crippen molar-refractivity contribution in [1.29, 1.82) is 0 Å². The third kappa shape index (κ3) is 32.6. The number of rotatable bonds is 56. The van der Waals surface area contributed by atoms with Gasteiger partial charge in [-0.2, -0.15) is 0 Å². The minimum absolute atomic E-state index is 0.113. The Morgan fingerprint density at radius 1 is 0.295 bits per heavy atom. The molecule has 0 spiro atoms. The molecule has 0 unspecified atom stereocenters. The molecule has 0 aliphatic carbocycles. The fraction of sp³-hybridized carbons (Fsp3) is 0.838. The first-order valence-corrected chi connectivity index (χ1v) is 36.2. The van der Waals surface area contributed by atoms with Gasteiger partial charge in [-0.15, -0.1) is 0 Å². The van der Waals surface area contributed by atoms with Crippen LogP contribution in [0.1, 0.15) is 404 Å². The molecule has 2 aromatic rings. The molecule has 2 aromatic carbocycles. The van der Waals surface area contributed by atoms with Gasteiger partial charge in [0.1, 0.15) is 5.60 Å². The number of hydrogen-bond acceptors (Lipinski definition) is 3. The molecule has 2 rings (SSSR count). The highest BCUT2D eigenvalue weighted by Gasteiger charge is 2.45. The van der Waals surface area contributed by atoms with Crippen molar-refractivity contribution < 1.29 is 14.3 Å². The van der Waals surface area contributed by atoms with Crippen LogP contribution in [-0.2, 0) is 33.8 Å². The molecular weight excluding hydrogens is 968 g/mol. The SMILES string of the molecule is CCCCCCCCCCCCCc1ccc(C(C)(C)CCCCCCCCCCCCC)c(C(CCC)(OP(O)O)c2cc(CCCCCCCCCCCCC)ccc2C(C)(C)CCCCCCCCCCCCC)c1. The maximum atomic E-state index is 11.4. The van der Waals surface area contributed by atoms with Crippen molar-refractivity contribution in [1.82, 2.24) is 0 Å². The summed E-state index contributed by atoms with van der Waals surface area (Å²) in [6.45, 7) is 21.4. The Labute approximate surface area is 490 Å². The predicted octanol–water partition coefficient (Wildman–Crippen LogP) is 25.6. The van der Waals surface area contributed by atoms with Crippen LogP contribution in [0.15, 0.2) is 36.4 Å². The van der Waals surface area contributed by atoms with E-state index in [1.807, 2.05) is 0 Å². The minimum atomic E-state index is -2.67. The lowest BCUT2D eigenvalue weighted by Crippen LogP contribution is -2.37. The molecule has 78 heavy (non-hydrogen) atoms. The van der Waals surface area contributed by atoms with Crippen molar-refractivity contribution in [2.45, 2.75) is 400 Å². The third-order valence-corrected chi connectivity index (χ3v) is 18.8. The second-order valence-electron chi connectivity index (χ2n) is 26.6. The van der Waals surface area contributed by atoms with Crippen LogP contribution < -0.4 is 0 Å². The summed E-state index contributed by atoms with van der Waals surface area (Å²) >= 11 is 0. The van der Waals surface area contributed by atoms with Gasteiger partial charge in [0.2, 0.25) is 0 Å². The highest BCUT2D eigenvalue weighted by molar-refractivity contribution is 7.39. The van der Waals surface area contributed by atoms with E-state index < -0.39 is 14.2 Å². The summed E-state index contributed by atoms with van der Waals surface area (Å²) in [6, 6.07) is 14.8. The standard InChI is InChI=1S/C74H135O3P/c1-10-15-19-23-27-31-35-39-43-47-51-55-66-57-59-68(72(6,7)62-53-49-45-41-37-33-29-25-21-17-12-3)70(64-66)74(61-14-5,77-78(75)76)71-65-67(56-52-48-44-40-36-32-28-24-20-16-11-2)58-60-69(71)73(8,9)63-54-50-46-42-38-34-30-26-22-18-13-4/h57-60,64-65,75-76H,10-56,61-63H2,1-9H3. The summed E-state index contributed by atoms with van der Waals surface area (Å²) in [5, 5.41) is 0. The van der Waals surface area contributed by atoms with Crippen molar-refractivity contribution in [2.75, 3.05) is 0 Å². The van der Waals surface area contributed by atoms with Crippen molar-refractivity contribution in [3.8, 4) is 0 Å². The van der Waals surface area contributed by atoms with Gasteiger partial charge < -0.3 is 9.79 Å². The minimum Gasteiger partial charge on any atom is -0.328 e. The van der Waals surface area contributed by atoms with Crippen LogP contribution in [0.25, 0.3) is 0 Å². The fourth-order valence-corrected chi connectivity index (χ4v) is 13.7. The molecule has 2 N–H and O–H groups in total. The van der Waals surface area contributed by atoms with E-state index in [2.05, 4.69) is 98.7 Å². The average molecular weight is 1100 g/mol. The topological polar surface area (TPSA) is 49.7 Å². The van der Waals surface area contributed by atoms with Crippen molar-refractivity contribution in [3.63, 3.8) is 0 Å². The highest BCUT2D eigenvalue weighted by Crippen LogP contribution is 2.53. The molecule has 0 aliphatic rings. The lowest BCUT2D eigenvalue weighted by Gasteiger charge is -2.43. The Morgan fingerprint density at radius 2 is 0.538 bits per heavy atom. The summed E-state index contributed by atoms with van der Waals surface area (Å²) in [4.78, 5) is 22.9. The molecule has 454 valence electrons. The molecule has 0 atom stereocenters. The second kappa shape index (κ2) is 47.1. The van der Waals surface area contributed by atoms with Gasteiger partial charge >= 0.3 is 8.60 Å². The van der Waals surface area contributed by atoms with E-state index in [-0.39, 0.29) is 10.8 Å². The first-order valence-electron chi connectivity index (χ1n) is 35.1. The molecule has 0 bridgehead atoms. The van der Waals surface area contributed by atoms with Gasteiger partial charge in [0.25, 0.3) is 0 Å². The fourth-order valence-electron chi connectivity index (χ4n) is 13.1. The summed E-state index contributed by atoms with van der Waals surface area (Å²) in [5.74, 6) is 0. The first kappa shape index (κ1) is 72.9. The van der Waals surface area contributed by atoms with Crippen molar-refractivity contribution in [2.24, 2.45) is 0 Å². The normalized spacial score (nSPS) is 12.5. The van der Waals surface area contributed by atoms with E-state index in [4.69, 9.17) is 4.52 Å². The Kier molecular flexibility index (Phi) is 44.0. The van der Waals surface area contributed by atoms with Crippen molar-refractivity contribution in [3.05, 3.63) is 69.8 Å². The van der Waals surface area contributed by atoms with Gasteiger partial charge in [-0.05, 0) is 89.2 Å². The molecule has 0 saturated carbocycles. The Morgan fingerprint density at radius 3 is 0.782 bits per heavy atom. The molecule has 0 aromatic heterocycles. The molecular formula is C74H135O3P. The van der Waals surface area contributed by atoms with Crippen LogP contribution in [-0.4, -0.2) is 9.79 Å². The molecule has 3 nitrogen and oxygen atoms in total. The zero-order chi connectivity index (χ0) is 56.8. The summed E-state index contributed by atoms with van der Waals surface area (Å²) in [5.41, 5.74) is 6.62. The predicted molar refractivity (Wildman–Crippen MR) is 350 cm³/mol. The van der Waals surface area contributed by atoms with Gasteiger partial charge in [0.15, 0.2) is 0 Å². The van der Waals surface area contributed by atoms with Crippen LogP contribution in [0.5, 0.6) is 0 Å². The van der Waals surface area contributed by atoms with Crippen molar-refractivity contribution >= 4 is 8.60 Å². The van der Waals surface area contributed by atoms with E-state index in [1.54, 1.807) is 0 Å². The van der Waals surface area contributed by atoms with E-state index in [0.29, 0.717) is 6.42 Å². The largest absolute Gasteiger partial charge is 0.328 e. The van der Waals surface area contributed by atoms with Gasteiger partial charge in [-0.3, -0.25) is 4.52 Å². The van der Waals surface area contributed by atoms with Crippen LogP contribution in [0.2, 0.25) is 0 Å². The lowest BCUT2D eigenvalue weighted by molar-refractivity contribution is 0.0770. The van der Waals surface area contributed by atoms with Crippen LogP contribution >= 0.6 is 8.60 Å². The molecule has 0 heterocycles. The highest BCUT2D eigenvalue weighted by atomic mass is 31.2. The van der Waals surface area contributed by atoms with E-state index in [9.17, 15) is 9.79 Å². The lowest BCUT2D eigenvalue weighted by atomic mass is 9.67. The van der Waals surface area contributed by atoms with Gasteiger partial charge in [0.05, 0.1) is 0 Å². The maximum absolute atomic E-state index is 11.4. The second-order valence-corrected chi connectivity index (χ2v) is 27.3. The smallest absolute Gasteiger partial charge is 0.328 e. The number of unbranched alkanes of at least 4 members (excludes halogenated alkanes) is 40. The van der Waals surface area contributed by atoms with Crippen LogP contribution in [0, 0.1) is 0 Å².